The fourth-order valence-corrected chi connectivity index (χ4v) is 3.04. The molecule has 6 heteroatoms. The van der Waals surface area contributed by atoms with E-state index < -0.39 is 5.91 Å². The van der Waals surface area contributed by atoms with Gasteiger partial charge < -0.3 is 5.73 Å². The summed E-state index contributed by atoms with van der Waals surface area (Å²) in [4.78, 5) is 23.1. The van der Waals surface area contributed by atoms with E-state index in [1.807, 2.05) is 0 Å². The quantitative estimate of drug-likeness (QED) is 0.773. The molecule has 0 atom stereocenters. The van der Waals surface area contributed by atoms with E-state index in [0.717, 1.165) is 6.54 Å². The molecule has 19 heavy (non-hydrogen) atoms. The lowest BCUT2D eigenvalue weighted by Crippen LogP contribution is -2.37. The molecule has 2 aliphatic rings. The molecule has 1 aliphatic carbocycles. The average molecular weight is 262 g/mol. The van der Waals surface area contributed by atoms with Gasteiger partial charge in [0.15, 0.2) is 0 Å². The highest BCUT2D eigenvalue weighted by molar-refractivity contribution is 6.11. The number of nitrogens with one attached hydrogen (secondary N) is 1. The van der Waals surface area contributed by atoms with Crippen LogP contribution in [0.2, 0.25) is 0 Å². The molecule has 3 N–H and O–H groups in total. The van der Waals surface area contributed by atoms with Crippen LogP contribution in [-0.4, -0.2) is 21.6 Å². The third-order valence-corrected chi connectivity index (χ3v) is 4.03. The van der Waals surface area contributed by atoms with E-state index in [-0.39, 0.29) is 12.3 Å². The third-order valence-electron chi connectivity index (χ3n) is 4.03. The normalized spacial score (nSPS) is 20.2. The molecule has 1 fully saturated rings. The summed E-state index contributed by atoms with van der Waals surface area (Å²) in [5.74, 6) is 0.250. The maximum Gasteiger partial charge on any atom is 0.263 e. The van der Waals surface area contributed by atoms with Gasteiger partial charge in [0.25, 0.3) is 5.91 Å². The molecule has 0 saturated heterocycles. The van der Waals surface area contributed by atoms with Gasteiger partial charge in [-0.1, -0.05) is 19.3 Å². The lowest BCUT2D eigenvalue weighted by atomic mass is 9.89. The van der Waals surface area contributed by atoms with Crippen LogP contribution in [0.1, 0.15) is 48.2 Å². The predicted molar refractivity (Wildman–Crippen MR) is 69.4 cm³/mol. The Morgan fingerprint density at radius 3 is 2.74 bits per heavy atom. The second-order valence-electron chi connectivity index (χ2n) is 5.45. The van der Waals surface area contributed by atoms with Crippen LogP contribution in [0.4, 0.5) is 5.82 Å². The van der Waals surface area contributed by atoms with Gasteiger partial charge in [-0.25, -0.2) is 4.68 Å². The van der Waals surface area contributed by atoms with Gasteiger partial charge in [-0.3, -0.25) is 14.9 Å². The molecule has 2 amide bonds. The number of rotatable bonds is 2. The smallest absolute Gasteiger partial charge is 0.263 e. The first-order valence-corrected chi connectivity index (χ1v) is 6.84. The summed E-state index contributed by atoms with van der Waals surface area (Å²) in [5, 5.41) is 6.64. The molecular formula is C13H18N4O2. The fraction of sp³-hybridized carbons (Fsp3) is 0.615. The van der Waals surface area contributed by atoms with Crippen molar-refractivity contribution in [2.24, 2.45) is 5.92 Å². The molecule has 1 aliphatic heterocycles. The minimum Gasteiger partial charge on any atom is -0.383 e. The van der Waals surface area contributed by atoms with E-state index >= 15 is 0 Å². The molecule has 1 saturated carbocycles. The zero-order valence-electron chi connectivity index (χ0n) is 10.8. The Morgan fingerprint density at radius 2 is 2.00 bits per heavy atom. The van der Waals surface area contributed by atoms with E-state index in [4.69, 9.17) is 5.73 Å². The van der Waals surface area contributed by atoms with Gasteiger partial charge in [-0.05, 0) is 18.8 Å². The van der Waals surface area contributed by atoms with Crippen molar-refractivity contribution in [2.75, 3.05) is 5.73 Å². The Kier molecular flexibility index (Phi) is 3.00. The van der Waals surface area contributed by atoms with Crippen LogP contribution >= 0.6 is 0 Å². The van der Waals surface area contributed by atoms with Gasteiger partial charge in [0.05, 0.1) is 12.1 Å². The number of imide groups is 1. The molecule has 1 aromatic rings. The summed E-state index contributed by atoms with van der Waals surface area (Å²) in [6.07, 6.45) is 6.33. The molecule has 0 aromatic carbocycles. The molecule has 0 radical (unpaired) electrons. The molecule has 0 bridgehead atoms. The van der Waals surface area contributed by atoms with E-state index in [2.05, 4.69) is 10.4 Å². The monoisotopic (exact) mass is 262 g/mol. The van der Waals surface area contributed by atoms with Crippen molar-refractivity contribution in [3.63, 3.8) is 0 Å². The van der Waals surface area contributed by atoms with Crippen LogP contribution in [0, 0.1) is 5.92 Å². The summed E-state index contributed by atoms with van der Waals surface area (Å²) in [5.41, 5.74) is 6.91. The second kappa shape index (κ2) is 4.68. The molecule has 3 rings (SSSR count). The molecule has 0 unspecified atom stereocenters. The lowest BCUT2D eigenvalue weighted by Gasteiger charge is -2.21. The van der Waals surface area contributed by atoms with Crippen LogP contribution in [0.25, 0.3) is 0 Å². The number of anilines is 1. The minimum absolute atomic E-state index is 0.142. The van der Waals surface area contributed by atoms with Gasteiger partial charge >= 0.3 is 0 Å². The van der Waals surface area contributed by atoms with Crippen molar-refractivity contribution in [3.8, 4) is 0 Å². The van der Waals surface area contributed by atoms with Crippen molar-refractivity contribution in [1.29, 1.82) is 0 Å². The maximum atomic E-state index is 11.8. The summed E-state index contributed by atoms with van der Waals surface area (Å²) < 4.78 is 1.71. The highest BCUT2D eigenvalue weighted by Crippen LogP contribution is 2.27. The number of nitrogens with zero attached hydrogens (tertiary/aromatic N) is 2. The molecule has 1 aromatic heterocycles. The van der Waals surface area contributed by atoms with Gasteiger partial charge in [0.2, 0.25) is 5.91 Å². The first kappa shape index (κ1) is 12.2. The SMILES string of the molecule is Nc1c2c(nn1CC1CCCCC1)CC(=O)NC2=O. The summed E-state index contributed by atoms with van der Waals surface area (Å²) >= 11 is 0. The predicted octanol–water partition coefficient (Wildman–Crippen LogP) is 0.858. The number of aromatic nitrogens is 2. The molecule has 6 nitrogen and oxygen atoms in total. The van der Waals surface area contributed by atoms with Crippen molar-refractivity contribution in [3.05, 3.63) is 11.3 Å². The first-order valence-electron chi connectivity index (χ1n) is 6.84. The number of nitrogens with two attached hydrogens (primary N) is 1. The Labute approximate surface area is 111 Å². The van der Waals surface area contributed by atoms with Crippen LogP contribution in [0.3, 0.4) is 0 Å². The van der Waals surface area contributed by atoms with Gasteiger partial charge in [0, 0.05) is 6.54 Å². The van der Waals surface area contributed by atoms with Crippen LogP contribution in [0.5, 0.6) is 0 Å². The van der Waals surface area contributed by atoms with Crippen molar-refractivity contribution in [1.82, 2.24) is 15.1 Å². The summed E-state index contributed by atoms with van der Waals surface area (Å²) in [6, 6.07) is 0. The first-order chi connectivity index (χ1) is 9.15. The average Bonchev–Trinajstić information content (AvgIpc) is 2.67. The topological polar surface area (TPSA) is 90.0 Å². The molecule has 2 heterocycles. The van der Waals surface area contributed by atoms with Crippen LogP contribution in [-0.2, 0) is 17.8 Å². The summed E-state index contributed by atoms with van der Waals surface area (Å²) in [6.45, 7) is 0.750. The zero-order chi connectivity index (χ0) is 13.4. The third kappa shape index (κ3) is 2.22. The Balaban J connectivity index is 1.85. The van der Waals surface area contributed by atoms with Crippen LogP contribution in [0.15, 0.2) is 0 Å². The van der Waals surface area contributed by atoms with Gasteiger partial charge in [0.1, 0.15) is 11.4 Å². The lowest BCUT2D eigenvalue weighted by molar-refractivity contribution is -0.119. The Hall–Kier alpha value is -1.85. The molecule has 102 valence electrons. The zero-order valence-corrected chi connectivity index (χ0v) is 10.8. The molecule has 0 spiro atoms. The number of carbonyl (C=O) groups excluding carboxylic acids is 2. The standard InChI is InChI=1S/C13H18N4O2/c14-12-11-9(6-10(18)15-13(11)19)16-17(12)7-8-4-2-1-3-5-8/h8H,1-7,14H2,(H,15,18,19). The van der Waals surface area contributed by atoms with Crippen molar-refractivity contribution in [2.45, 2.75) is 45.1 Å². The summed E-state index contributed by atoms with van der Waals surface area (Å²) in [7, 11) is 0. The van der Waals surface area contributed by atoms with E-state index in [0.29, 0.717) is 23.0 Å². The maximum absolute atomic E-state index is 11.8. The van der Waals surface area contributed by atoms with E-state index in [1.54, 1.807) is 4.68 Å². The van der Waals surface area contributed by atoms with Gasteiger partial charge in [-0.15, -0.1) is 0 Å². The number of amides is 2. The highest BCUT2D eigenvalue weighted by Gasteiger charge is 2.30. The van der Waals surface area contributed by atoms with Crippen molar-refractivity contribution >= 4 is 17.6 Å². The highest BCUT2D eigenvalue weighted by atomic mass is 16.2. The van der Waals surface area contributed by atoms with Gasteiger partial charge in [-0.2, -0.15) is 5.10 Å². The Morgan fingerprint density at radius 1 is 1.26 bits per heavy atom. The number of hydrogen-bond acceptors (Lipinski definition) is 4. The largest absolute Gasteiger partial charge is 0.383 e. The number of nitrogen functional groups attached to an aromatic ring is 1. The van der Waals surface area contributed by atoms with Crippen molar-refractivity contribution < 1.29 is 9.59 Å². The second-order valence-corrected chi connectivity index (χ2v) is 5.45. The van der Waals surface area contributed by atoms with Crippen LogP contribution < -0.4 is 11.1 Å². The number of carbonyl (C=O) groups is 2. The van der Waals surface area contributed by atoms with E-state index in [1.165, 1.54) is 32.1 Å². The minimum atomic E-state index is -0.418. The number of hydrogen-bond donors (Lipinski definition) is 2. The molecular weight excluding hydrogens is 244 g/mol. The fourth-order valence-electron chi connectivity index (χ4n) is 3.04. The number of fused-ring (bicyclic) bond motifs is 1. The Bertz CT molecular complexity index is 529. The van der Waals surface area contributed by atoms with E-state index in [9.17, 15) is 9.59 Å².